The molecule has 39 heavy (non-hydrogen) atoms. The zero-order valence-electron chi connectivity index (χ0n) is 25.8. The van der Waals surface area contributed by atoms with Gasteiger partial charge in [0.25, 0.3) is 0 Å². The Labute approximate surface area is 241 Å². The summed E-state index contributed by atoms with van der Waals surface area (Å²) < 4.78 is 11.2. The van der Waals surface area contributed by atoms with Crippen molar-refractivity contribution in [3.8, 4) is 0 Å². The van der Waals surface area contributed by atoms with Gasteiger partial charge in [-0.3, -0.25) is 0 Å². The topological polar surface area (TPSA) is 52.6 Å². The van der Waals surface area contributed by atoms with Crippen LogP contribution < -0.4 is 0 Å². The van der Waals surface area contributed by atoms with Gasteiger partial charge in [0, 0.05) is 12.2 Å². The lowest BCUT2D eigenvalue weighted by Crippen LogP contribution is -2.45. The fraction of sp³-hybridized carbons (Fsp3) is 0.706. The van der Waals surface area contributed by atoms with E-state index in [4.69, 9.17) is 9.47 Å². The molecule has 0 saturated heterocycles. The Bertz CT molecular complexity index is 648. The van der Waals surface area contributed by atoms with Crippen LogP contribution in [-0.2, 0) is 19.1 Å². The van der Waals surface area contributed by atoms with Gasteiger partial charge in [-0.05, 0) is 25.7 Å². The maximum absolute atomic E-state index is 11.9. The Morgan fingerprint density at radius 1 is 0.538 bits per heavy atom. The van der Waals surface area contributed by atoms with Crippen molar-refractivity contribution in [1.82, 2.24) is 0 Å². The third-order valence-corrected chi connectivity index (χ3v) is 6.79. The van der Waals surface area contributed by atoms with Crippen LogP contribution in [0.2, 0.25) is 0 Å². The van der Waals surface area contributed by atoms with Crippen LogP contribution in [0.5, 0.6) is 0 Å². The molecule has 0 aliphatic rings. The Balaban J connectivity index is 3.81. The monoisotopic (exact) mass is 546 g/mol. The second-order valence-corrected chi connectivity index (χ2v) is 11.1. The van der Waals surface area contributed by atoms with Crippen molar-refractivity contribution in [2.24, 2.45) is 0 Å². The number of rotatable bonds is 26. The molecule has 0 aliphatic heterocycles. The lowest BCUT2D eigenvalue weighted by Gasteiger charge is -2.28. The molecule has 0 aromatic carbocycles. The number of carbonyl (C=O) groups excluding carboxylic acids is 2. The van der Waals surface area contributed by atoms with E-state index in [9.17, 15) is 9.59 Å². The fourth-order valence-corrected chi connectivity index (χ4v) is 4.05. The molecule has 0 radical (unpaired) electrons. The minimum atomic E-state index is -0.327. The van der Waals surface area contributed by atoms with Gasteiger partial charge in [0.2, 0.25) is 0 Å². The molecule has 0 aromatic heterocycles. The quantitative estimate of drug-likeness (QED) is 0.0358. The first kappa shape index (κ1) is 36.9. The van der Waals surface area contributed by atoms with Gasteiger partial charge in [-0.2, -0.15) is 0 Å². The number of esters is 2. The van der Waals surface area contributed by atoms with Crippen LogP contribution in [0.4, 0.5) is 0 Å². The molecule has 224 valence electrons. The predicted molar refractivity (Wildman–Crippen MR) is 166 cm³/mol. The van der Waals surface area contributed by atoms with E-state index in [0.717, 1.165) is 12.8 Å². The number of nitrogens with zero attached hydrogens (tertiary/aromatic N) is 1. The van der Waals surface area contributed by atoms with Crippen LogP contribution in [0.3, 0.4) is 0 Å². The van der Waals surface area contributed by atoms with Gasteiger partial charge in [0.1, 0.15) is 26.3 Å². The maximum Gasteiger partial charge on any atom is 0.330 e. The summed E-state index contributed by atoms with van der Waals surface area (Å²) in [4.78, 5) is 23.8. The van der Waals surface area contributed by atoms with Crippen LogP contribution in [0.25, 0.3) is 0 Å². The Hall–Kier alpha value is -2.14. The van der Waals surface area contributed by atoms with E-state index in [1.54, 1.807) is 12.2 Å². The number of quaternary nitrogens is 1. The van der Waals surface area contributed by atoms with Crippen molar-refractivity contribution in [2.45, 2.75) is 117 Å². The Morgan fingerprint density at radius 3 is 1.28 bits per heavy atom. The highest BCUT2D eigenvalue weighted by Crippen LogP contribution is 2.09. The molecular weight excluding hydrogens is 486 g/mol. The van der Waals surface area contributed by atoms with Gasteiger partial charge >= 0.3 is 11.9 Å². The van der Waals surface area contributed by atoms with Crippen molar-refractivity contribution in [1.29, 1.82) is 0 Å². The second-order valence-electron chi connectivity index (χ2n) is 11.1. The molecule has 0 atom stereocenters. The van der Waals surface area contributed by atoms with Crippen LogP contribution in [0.1, 0.15) is 117 Å². The number of likely N-dealkylation sites (N-methyl/N-ethyl adjacent to an activating group) is 1. The lowest BCUT2D eigenvalue weighted by molar-refractivity contribution is -0.890. The summed E-state index contributed by atoms with van der Waals surface area (Å²) in [6.45, 7) is 6.45. The van der Waals surface area contributed by atoms with E-state index in [1.165, 1.54) is 102 Å². The molecule has 0 unspecified atom stereocenters. The molecule has 0 N–H and O–H groups in total. The average molecular weight is 547 g/mol. The summed E-state index contributed by atoms with van der Waals surface area (Å²) in [6, 6.07) is 0. The van der Waals surface area contributed by atoms with E-state index in [1.807, 2.05) is 26.2 Å². The first-order valence-electron chi connectivity index (χ1n) is 15.7. The van der Waals surface area contributed by atoms with Gasteiger partial charge in [0.05, 0.1) is 14.1 Å². The molecule has 0 amide bonds. The minimum Gasteiger partial charge on any atom is -0.457 e. The molecule has 0 spiro atoms. The molecule has 0 rings (SSSR count). The van der Waals surface area contributed by atoms with Crippen LogP contribution >= 0.6 is 0 Å². The van der Waals surface area contributed by atoms with Gasteiger partial charge < -0.3 is 14.0 Å². The predicted octanol–water partition coefficient (Wildman–Crippen LogP) is 8.66. The third kappa shape index (κ3) is 28.7. The Kier molecular flexibility index (Phi) is 25.9. The normalized spacial score (nSPS) is 12.4. The third-order valence-electron chi connectivity index (χ3n) is 6.79. The number of carbonyl (C=O) groups is 2. The smallest absolute Gasteiger partial charge is 0.330 e. The van der Waals surface area contributed by atoms with Gasteiger partial charge in [0.15, 0.2) is 0 Å². The number of hydrogen-bond donors (Lipinski definition) is 0. The largest absolute Gasteiger partial charge is 0.457 e. The fourth-order valence-electron chi connectivity index (χ4n) is 4.05. The molecule has 0 saturated carbocycles. The van der Waals surface area contributed by atoms with E-state index >= 15 is 0 Å². The summed E-state index contributed by atoms with van der Waals surface area (Å²) in [5, 5.41) is 0. The first-order chi connectivity index (χ1) is 18.9. The van der Waals surface area contributed by atoms with Gasteiger partial charge in [-0.1, -0.05) is 127 Å². The van der Waals surface area contributed by atoms with Crippen molar-refractivity contribution >= 4 is 11.9 Å². The van der Waals surface area contributed by atoms with E-state index in [0.29, 0.717) is 30.8 Å². The van der Waals surface area contributed by atoms with Crippen LogP contribution in [-0.4, -0.2) is 56.8 Å². The van der Waals surface area contributed by atoms with E-state index in [2.05, 4.69) is 26.0 Å². The summed E-state index contributed by atoms with van der Waals surface area (Å²) in [6.07, 6.45) is 34.9. The Morgan fingerprint density at radius 2 is 0.897 bits per heavy atom. The summed E-state index contributed by atoms with van der Waals surface area (Å²) in [5.41, 5.74) is 0. The van der Waals surface area contributed by atoms with Crippen molar-refractivity contribution in [2.75, 3.05) is 40.4 Å². The minimum absolute atomic E-state index is 0.327. The molecule has 0 bridgehead atoms. The highest BCUT2D eigenvalue weighted by Gasteiger charge is 2.16. The second kappa shape index (κ2) is 27.4. The van der Waals surface area contributed by atoms with Crippen molar-refractivity contribution in [3.05, 3.63) is 48.6 Å². The molecule has 0 aliphatic carbocycles. The highest BCUT2D eigenvalue weighted by atomic mass is 16.5. The van der Waals surface area contributed by atoms with Gasteiger partial charge in [-0.15, -0.1) is 0 Å². The summed E-state index contributed by atoms with van der Waals surface area (Å²) in [5.74, 6) is -0.653. The van der Waals surface area contributed by atoms with E-state index < -0.39 is 0 Å². The van der Waals surface area contributed by atoms with Crippen molar-refractivity contribution in [3.63, 3.8) is 0 Å². The molecule has 0 fully saturated rings. The zero-order valence-corrected chi connectivity index (χ0v) is 25.8. The number of unbranched alkanes of at least 4 members (excludes halogenated alkanes) is 14. The summed E-state index contributed by atoms with van der Waals surface area (Å²) >= 11 is 0. The van der Waals surface area contributed by atoms with Crippen molar-refractivity contribution < 1.29 is 23.5 Å². The SMILES string of the molecule is CCCCCCCCC/C=C/C=C/C(=O)OCC[N+](C)(C)CCOC(=O)/C=C/C=C/CCCCCCCCC. The highest BCUT2D eigenvalue weighted by molar-refractivity contribution is 5.82. The number of hydrogen-bond acceptors (Lipinski definition) is 4. The van der Waals surface area contributed by atoms with E-state index in [-0.39, 0.29) is 11.9 Å². The molecule has 0 aromatic rings. The molecule has 5 heteroatoms. The molecule has 0 heterocycles. The standard InChI is InChI=1S/C34H60NO4/c1-5-7-9-11-13-15-17-19-21-23-25-27-33(36)38-31-29-35(3,4)30-32-39-34(37)28-26-24-22-20-18-16-14-12-10-8-6-2/h21-28H,5-20,29-32H2,1-4H3/q+1/b23-21+,24-22+,27-25+,28-26+. The van der Waals surface area contributed by atoms with Gasteiger partial charge in [-0.25, -0.2) is 9.59 Å². The number of ether oxygens (including phenoxy) is 2. The van der Waals surface area contributed by atoms with Crippen LogP contribution in [0, 0.1) is 0 Å². The lowest BCUT2D eigenvalue weighted by atomic mass is 10.1. The maximum atomic E-state index is 11.9. The molecule has 5 nitrogen and oxygen atoms in total. The summed E-state index contributed by atoms with van der Waals surface area (Å²) in [7, 11) is 4.07. The average Bonchev–Trinajstić information content (AvgIpc) is 2.90. The van der Waals surface area contributed by atoms with Crippen LogP contribution in [0.15, 0.2) is 48.6 Å². The zero-order chi connectivity index (χ0) is 28.9. The number of allylic oxidation sites excluding steroid dienone is 6. The molecular formula is C34H60NO4+. The first-order valence-corrected chi connectivity index (χ1v) is 15.7.